The fourth-order valence-electron chi connectivity index (χ4n) is 2.09. The summed E-state index contributed by atoms with van der Waals surface area (Å²) < 4.78 is 0.841. The van der Waals surface area contributed by atoms with E-state index in [4.69, 9.17) is 5.73 Å². The summed E-state index contributed by atoms with van der Waals surface area (Å²) in [6.07, 6.45) is 0.990. The minimum absolute atomic E-state index is 0.482. The number of rotatable bonds is 5. The first-order valence-corrected chi connectivity index (χ1v) is 9.21. The molecule has 0 atom stereocenters. The fraction of sp³-hybridized carbons (Fsp3) is 0.235. The lowest BCUT2D eigenvalue weighted by Gasteiger charge is -2.21. The zero-order valence-corrected chi connectivity index (χ0v) is 15.2. The van der Waals surface area contributed by atoms with Crippen molar-refractivity contribution in [3.63, 3.8) is 0 Å². The number of halogens is 1. The lowest BCUT2D eigenvalue weighted by molar-refractivity contribution is 1.13. The second kappa shape index (κ2) is 8.25. The van der Waals surface area contributed by atoms with E-state index in [2.05, 4.69) is 52.1 Å². The molecule has 2 aromatic carbocycles. The van der Waals surface area contributed by atoms with E-state index in [1.807, 2.05) is 36.2 Å². The molecule has 0 radical (unpaired) electrons. The van der Waals surface area contributed by atoms with Gasteiger partial charge >= 0.3 is 0 Å². The highest BCUT2D eigenvalue weighted by atomic mass is 79.9. The van der Waals surface area contributed by atoms with Gasteiger partial charge in [0.15, 0.2) is 0 Å². The molecule has 0 unspecified atom stereocenters. The predicted molar refractivity (Wildman–Crippen MR) is 102 cm³/mol. The lowest BCUT2D eigenvalue weighted by Crippen LogP contribution is -2.33. The van der Waals surface area contributed by atoms with Crippen LogP contribution < -0.4 is 10.6 Å². The Morgan fingerprint density at radius 1 is 1.23 bits per heavy atom. The summed E-state index contributed by atoms with van der Waals surface area (Å²) in [6, 6.07) is 16.3. The largest absolute Gasteiger partial charge is 0.369 e. The molecular weight excluding hydrogens is 358 g/mol. The molecule has 22 heavy (non-hydrogen) atoms. The van der Waals surface area contributed by atoms with E-state index < -0.39 is 0 Å². The topological polar surface area (TPSA) is 41.6 Å². The Hall–Kier alpha value is -1.46. The molecule has 0 aliphatic carbocycles. The Labute approximate surface area is 144 Å². The van der Waals surface area contributed by atoms with Gasteiger partial charge in [0.1, 0.15) is 0 Å². The molecule has 0 aliphatic rings. The molecule has 2 N–H and O–H groups in total. The highest BCUT2D eigenvalue weighted by molar-refractivity contribution is 9.11. The Bertz CT molecular complexity index is 658. The SMILES string of the molecule is CCc1cccc(N=C(N)N(C)c2ccccc2SCBr)c1. The lowest BCUT2D eigenvalue weighted by atomic mass is 10.1. The zero-order chi connectivity index (χ0) is 15.9. The standard InChI is InChI=1S/C17H20BrN3S/c1-3-13-7-6-8-14(11-13)20-17(19)21(2)15-9-4-5-10-16(15)22-12-18/h4-11H,3,12H2,1-2H3,(H2,19,20). The van der Waals surface area contributed by atoms with Crippen molar-refractivity contribution in [2.45, 2.75) is 18.2 Å². The number of nitrogens with two attached hydrogens (primary N) is 1. The van der Waals surface area contributed by atoms with Crippen molar-refractivity contribution in [3.8, 4) is 0 Å². The Balaban J connectivity index is 2.28. The molecule has 0 bridgehead atoms. The van der Waals surface area contributed by atoms with Crippen LogP contribution in [0.15, 0.2) is 58.4 Å². The number of para-hydroxylation sites is 1. The van der Waals surface area contributed by atoms with Crippen molar-refractivity contribution in [1.82, 2.24) is 0 Å². The van der Waals surface area contributed by atoms with E-state index >= 15 is 0 Å². The number of aryl methyl sites for hydroxylation is 1. The summed E-state index contributed by atoms with van der Waals surface area (Å²) in [6.45, 7) is 2.13. The summed E-state index contributed by atoms with van der Waals surface area (Å²) in [4.78, 5) is 7.63. The Morgan fingerprint density at radius 3 is 2.73 bits per heavy atom. The Morgan fingerprint density at radius 2 is 2.00 bits per heavy atom. The third kappa shape index (κ3) is 4.27. The molecule has 2 aromatic rings. The smallest absolute Gasteiger partial charge is 0.200 e. The number of alkyl halides is 1. The maximum atomic E-state index is 6.19. The van der Waals surface area contributed by atoms with E-state index in [1.54, 1.807) is 11.8 Å². The van der Waals surface area contributed by atoms with Gasteiger partial charge in [-0.15, -0.1) is 11.8 Å². The molecule has 0 spiro atoms. The molecule has 0 aromatic heterocycles. The minimum Gasteiger partial charge on any atom is -0.369 e. The van der Waals surface area contributed by atoms with Gasteiger partial charge in [0, 0.05) is 11.9 Å². The first-order valence-electron chi connectivity index (χ1n) is 7.10. The molecule has 2 rings (SSSR count). The molecule has 0 fully saturated rings. The van der Waals surface area contributed by atoms with Crippen molar-refractivity contribution in [1.29, 1.82) is 0 Å². The normalized spacial score (nSPS) is 11.5. The summed E-state index contributed by atoms with van der Waals surface area (Å²) in [7, 11) is 1.94. The van der Waals surface area contributed by atoms with Gasteiger partial charge in [0.2, 0.25) is 5.96 Å². The molecule has 0 amide bonds. The number of guanidine groups is 1. The van der Waals surface area contributed by atoms with E-state index in [0.717, 1.165) is 22.5 Å². The summed E-state index contributed by atoms with van der Waals surface area (Å²) in [5.41, 5.74) is 9.39. The molecule has 116 valence electrons. The van der Waals surface area contributed by atoms with Crippen LogP contribution in [-0.4, -0.2) is 17.7 Å². The third-order valence-electron chi connectivity index (χ3n) is 3.34. The maximum absolute atomic E-state index is 6.19. The number of thioether (sulfide) groups is 1. The zero-order valence-electron chi connectivity index (χ0n) is 12.8. The van der Waals surface area contributed by atoms with Crippen molar-refractivity contribution in [2.75, 3.05) is 16.6 Å². The van der Waals surface area contributed by atoms with Crippen LogP contribution in [0.5, 0.6) is 0 Å². The molecular formula is C17H20BrN3S. The number of anilines is 1. The van der Waals surface area contributed by atoms with Gasteiger partial charge in [0.05, 0.1) is 16.0 Å². The van der Waals surface area contributed by atoms with Crippen molar-refractivity contribution in [3.05, 3.63) is 54.1 Å². The van der Waals surface area contributed by atoms with Crippen LogP contribution in [0.25, 0.3) is 0 Å². The minimum atomic E-state index is 0.482. The average molecular weight is 378 g/mol. The number of nitrogens with zero attached hydrogens (tertiary/aromatic N) is 2. The second-order valence-electron chi connectivity index (χ2n) is 4.77. The average Bonchev–Trinajstić information content (AvgIpc) is 2.55. The van der Waals surface area contributed by atoms with Crippen molar-refractivity contribution >= 4 is 45.0 Å². The maximum Gasteiger partial charge on any atom is 0.200 e. The molecule has 5 heteroatoms. The van der Waals surface area contributed by atoms with Crippen molar-refractivity contribution < 1.29 is 0 Å². The first-order chi connectivity index (χ1) is 10.7. The van der Waals surface area contributed by atoms with Crippen molar-refractivity contribution in [2.24, 2.45) is 10.7 Å². The van der Waals surface area contributed by atoms with E-state index in [9.17, 15) is 0 Å². The monoisotopic (exact) mass is 377 g/mol. The van der Waals surface area contributed by atoms with Crippen LogP contribution >= 0.6 is 27.7 Å². The molecule has 0 aliphatic heterocycles. The number of aliphatic imine (C=N–C) groups is 1. The molecule has 0 saturated heterocycles. The number of benzene rings is 2. The molecule has 0 heterocycles. The fourth-order valence-corrected chi connectivity index (χ4v) is 3.48. The highest BCUT2D eigenvalue weighted by Crippen LogP contribution is 2.30. The van der Waals surface area contributed by atoms with Gasteiger partial charge in [-0.05, 0) is 36.2 Å². The van der Waals surface area contributed by atoms with E-state index in [1.165, 1.54) is 10.5 Å². The highest BCUT2D eigenvalue weighted by Gasteiger charge is 2.10. The van der Waals surface area contributed by atoms with Gasteiger partial charge in [-0.1, -0.05) is 47.1 Å². The van der Waals surface area contributed by atoms with Crippen LogP contribution in [0.3, 0.4) is 0 Å². The van der Waals surface area contributed by atoms with E-state index in [0.29, 0.717) is 5.96 Å². The van der Waals surface area contributed by atoms with Gasteiger partial charge in [-0.25, -0.2) is 4.99 Å². The molecule has 3 nitrogen and oxygen atoms in total. The van der Waals surface area contributed by atoms with Crippen LogP contribution in [-0.2, 0) is 6.42 Å². The summed E-state index contributed by atoms with van der Waals surface area (Å²) in [5.74, 6) is 0.482. The first kappa shape index (κ1) is 16.9. The summed E-state index contributed by atoms with van der Waals surface area (Å²) in [5, 5.41) is 0. The Kier molecular flexibility index (Phi) is 6.34. The van der Waals surface area contributed by atoms with E-state index in [-0.39, 0.29) is 0 Å². The summed E-state index contributed by atoms with van der Waals surface area (Å²) >= 11 is 5.18. The van der Waals surface area contributed by atoms with Crippen LogP contribution in [0, 0.1) is 0 Å². The molecule has 0 saturated carbocycles. The van der Waals surface area contributed by atoms with Gasteiger partial charge in [-0.3, -0.25) is 0 Å². The van der Waals surface area contributed by atoms with Gasteiger partial charge in [0.25, 0.3) is 0 Å². The number of hydrogen-bond acceptors (Lipinski definition) is 2. The van der Waals surface area contributed by atoms with Gasteiger partial charge in [-0.2, -0.15) is 0 Å². The van der Waals surface area contributed by atoms with Crippen LogP contribution in [0.4, 0.5) is 11.4 Å². The second-order valence-corrected chi connectivity index (χ2v) is 7.09. The number of hydrogen-bond donors (Lipinski definition) is 1. The predicted octanol–water partition coefficient (Wildman–Crippen LogP) is 4.78. The van der Waals surface area contributed by atoms with Gasteiger partial charge < -0.3 is 10.6 Å². The van der Waals surface area contributed by atoms with Crippen LogP contribution in [0.2, 0.25) is 0 Å². The van der Waals surface area contributed by atoms with Crippen LogP contribution in [0.1, 0.15) is 12.5 Å². The third-order valence-corrected chi connectivity index (χ3v) is 4.79. The quantitative estimate of drug-likeness (QED) is 0.353.